The highest BCUT2D eigenvalue weighted by Crippen LogP contribution is 2.46. The number of ether oxygens (including phenoxy) is 1. The summed E-state index contributed by atoms with van der Waals surface area (Å²) in [5.41, 5.74) is 0.719. The van der Waals surface area contributed by atoms with E-state index < -0.39 is 10.0 Å². The monoisotopic (exact) mass is 406 g/mol. The van der Waals surface area contributed by atoms with Crippen LogP contribution in [0.1, 0.15) is 63.4 Å². The molecule has 1 saturated heterocycles. The molecule has 2 heterocycles. The molecule has 28 heavy (non-hydrogen) atoms. The third-order valence-electron chi connectivity index (χ3n) is 6.17. The van der Waals surface area contributed by atoms with Crippen LogP contribution in [-0.4, -0.2) is 49.1 Å². The summed E-state index contributed by atoms with van der Waals surface area (Å²) in [4.78, 5) is 12.5. The van der Waals surface area contributed by atoms with E-state index in [-0.39, 0.29) is 23.2 Å². The van der Waals surface area contributed by atoms with Gasteiger partial charge in [-0.2, -0.15) is 0 Å². The zero-order valence-electron chi connectivity index (χ0n) is 16.5. The molecular weight excluding hydrogens is 376 g/mol. The minimum Gasteiger partial charge on any atom is -0.487 e. The van der Waals surface area contributed by atoms with Crippen molar-refractivity contribution in [2.75, 3.05) is 18.8 Å². The predicted octanol–water partition coefficient (Wildman–Crippen LogP) is 2.80. The molecule has 0 aromatic heterocycles. The predicted molar refractivity (Wildman–Crippen MR) is 108 cm³/mol. The second kappa shape index (κ2) is 7.67. The van der Waals surface area contributed by atoms with Crippen LogP contribution in [0.15, 0.2) is 24.3 Å². The molecule has 1 aliphatic carbocycles. The van der Waals surface area contributed by atoms with E-state index in [4.69, 9.17) is 4.74 Å². The van der Waals surface area contributed by atoms with Gasteiger partial charge in [0.15, 0.2) is 0 Å². The number of hydrogen-bond acceptors (Lipinski definition) is 4. The van der Waals surface area contributed by atoms with Gasteiger partial charge in [-0.05, 0) is 37.3 Å². The average molecular weight is 407 g/mol. The van der Waals surface area contributed by atoms with Gasteiger partial charge in [0.2, 0.25) is 15.9 Å². The van der Waals surface area contributed by atoms with Crippen LogP contribution in [0.4, 0.5) is 0 Å². The van der Waals surface area contributed by atoms with Crippen LogP contribution in [0, 0.1) is 0 Å². The van der Waals surface area contributed by atoms with Crippen molar-refractivity contribution in [1.82, 2.24) is 9.62 Å². The molecule has 1 N–H and O–H groups in total. The summed E-state index contributed by atoms with van der Waals surface area (Å²) in [7, 11) is -3.17. The number of piperidine rings is 1. The number of nitrogens with zero attached hydrogens (tertiary/aromatic N) is 1. The molecule has 2 fully saturated rings. The van der Waals surface area contributed by atoms with E-state index in [1.165, 1.54) is 0 Å². The van der Waals surface area contributed by atoms with Gasteiger partial charge in [-0.25, -0.2) is 12.7 Å². The molecule has 1 spiro atoms. The van der Waals surface area contributed by atoms with E-state index in [0.29, 0.717) is 44.8 Å². The summed E-state index contributed by atoms with van der Waals surface area (Å²) in [5, 5.41) is 3.10. The fourth-order valence-electron chi connectivity index (χ4n) is 4.53. The van der Waals surface area contributed by atoms with Crippen molar-refractivity contribution in [2.45, 2.75) is 69.4 Å². The zero-order valence-corrected chi connectivity index (χ0v) is 17.3. The molecule has 154 valence electrons. The molecule has 0 bridgehead atoms. The van der Waals surface area contributed by atoms with Gasteiger partial charge in [0.25, 0.3) is 0 Å². The number of amides is 1. The summed E-state index contributed by atoms with van der Waals surface area (Å²) in [6.45, 7) is 2.87. The van der Waals surface area contributed by atoms with Gasteiger partial charge in [-0.1, -0.05) is 25.1 Å². The van der Waals surface area contributed by atoms with E-state index in [2.05, 4.69) is 11.4 Å². The molecule has 1 unspecified atom stereocenters. The molecule has 1 aromatic carbocycles. The van der Waals surface area contributed by atoms with Crippen molar-refractivity contribution in [3.8, 4) is 5.75 Å². The number of fused-ring (bicyclic) bond motifs is 1. The fourth-order valence-corrected chi connectivity index (χ4v) is 6.04. The largest absolute Gasteiger partial charge is 0.487 e. The minimum absolute atomic E-state index is 0.113. The van der Waals surface area contributed by atoms with Gasteiger partial charge < -0.3 is 10.1 Å². The van der Waals surface area contributed by atoms with Crippen LogP contribution in [0.5, 0.6) is 5.75 Å². The number of carbonyl (C=O) groups excluding carboxylic acids is 1. The standard InChI is InChI=1S/C21H30N2O4S/c1-2-13-28(25,26)23-11-9-21(10-12-23)15-16(14-20(24)22-17-7-8-17)18-5-3-4-6-19(18)27-21/h3-6,16-17H,2,7-15H2,1H3,(H,22,24). The molecule has 4 rings (SSSR count). The Labute approximate surface area is 167 Å². The highest BCUT2D eigenvalue weighted by molar-refractivity contribution is 7.89. The lowest BCUT2D eigenvalue weighted by atomic mass is 9.76. The molecule has 1 amide bonds. The van der Waals surface area contributed by atoms with Gasteiger partial charge in [0.05, 0.1) is 5.75 Å². The second-order valence-electron chi connectivity index (χ2n) is 8.48. The summed E-state index contributed by atoms with van der Waals surface area (Å²) in [6, 6.07) is 8.34. The minimum atomic E-state index is -3.17. The smallest absolute Gasteiger partial charge is 0.220 e. The summed E-state index contributed by atoms with van der Waals surface area (Å²) in [6.07, 6.45) is 5.38. The highest BCUT2D eigenvalue weighted by atomic mass is 32.2. The Balaban J connectivity index is 1.49. The van der Waals surface area contributed by atoms with E-state index in [1.807, 2.05) is 25.1 Å². The Hall–Kier alpha value is -1.60. The van der Waals surface area contributed by atoms with Crippen molar-refractivity contribution in [1.29, 1.82) is 0 Å². The van der Waals surface area contributed by atoms with Gasteiger partial charge in [-0.3, -0.25) is 4.79 Å². The first-order chi connectivity index (χ1) is 13.4. The summed E-state index contributed by atoms with van der Waals surface area (Å²) < 4.78 is 32.9. The number of hydrogen-bond donors (Lipinski definition) is 1. The lowest BCUT2D eigenvalue weighted by Crippen LogP contribution is -2.52. The van der Waals surface area contributed by atoms with E-state index >= 15 is 0 Å². The molecule has 3 aliphatic rings. The topological polar surface area (TPSA) is 75.7 Å². The summed E-state index contributed by atoms with van der Waals surface area (Å²) >= 11 is 0. The fraction of sp³-hybridized carbons (Fsp3) is 0.667. The summed E-state index contributed by atoms with van der Waals surface area (Å²) in [5.74, 6) is 1.28. The SMILES string of the molecule is CCCS(=O)(=O)N1CCC2(CC1)CC(CC(=O)NC1CC1)c1ccccc1O2. The molecule has 6 nitrogen and oxygen atoms in total. The Kier molecular flexibility index (Phi) is 5.40. The molecule has 1 atom stereocenters. The number of sulfonamides is 1. The van der Waals surface area contributed by atoms with E-state index in [1.54, 1.807) is 4.31 Å². The Morgan fingerprint density at radius 3 is 2.64 bits per heavy atom. The van der Waals surface area contributed by atoms with Gasteiger partial charge in [0, 0.05) is 44.3 Å². The maximum atomic E-state index is 12.5. The Morgan fingerprint density at radius 1 is 1.25 bits per heavy atom. The van der Waals surface area contributed by atoms with Crippen LogP contribution in [0.3, 0.4) is 0 Å². The third kappa shape index (κ3) is 4.20. The third-order valence-corrected chi connectivity index (χ3v) is 8.24. The average Bonchev–Trinajstić information content (AvgIpc) is 3.46. The molecular formula is C21H30N2O4S. The van der Waals surface area contributed by atoms with Crippen molar-refractivity contribution in [3.63, 3.8) is 0 Å². The first-order valence-corrected chi connectivity index (χ1v) is 12.1. The van der Waals surface area contributed by atoms with Crippen LogP contribution in [0.2, 0.25) is 0 Å². The zero-order chi connectivity index (χ0) is 19.8. The molecule has 1 saturated carbocycles. The molecule has 7 heteroatoms. The quantitative estimate of drug-likeness (QED) is 0.788. The molecule has 1 aromatic rings. The second-order valence-corrected chi connectivity index (χ2v) is 10.6. The normalized spacial score (nSPS) is 24.4. The first kappa shape index (κ1) is 19.7. The molecule has 2 aliphatic heterocycles. The Bertz CT molecular complexity index is 827. The van der Waals surface area contributed by atoms with E-state index in [0.717, 1.165) is 30.6 Å². The van der Waals surface area contributed by atoms with Crippen LogP contribution in [0.25, 0.3) is 0 Å². The van der Waals surface area contributed by atoms with Crippen LogP contribution < -0.4 is 10.1 Å². The van der Waals surface area contributed by atoms with Crippen molar-refractivity contribution in [3.05, 3.63) is 29.8 Å². The van der Waals surface area contributed by atoms with Crippen LogP contribution >= 0.6 is 0 Å². The van der Waals surface area contributed by atoms with Crippen molar-refractivity contribution in [2.24, 2.45) is 0 Å². The maximum absolute atomic E-state index is 12.5. The highest BCUT2D eigenvalue weighted by Gasteiger charge is 2.45. The molecule has 0 radical (unpaired) electrons. The maximum Gasteiger partial charge on any atom is 0.220 e. The number of benzene rings is 1. The lowest BCUT2D eigenvalue weighted by molar-refractivity contribution is -0.122. The number of nitrogens with one attached hydrogen (secondary N) is 1. The van der Waals surface area contributed by atoms with Crippen molar-refractivity contribution < 1.29 is 17.9 Å². The number of rotatable bonds is 6. The van der Waals surface area contributed by atoms with Crippen LogP contribution in [-0.2, 0) is 14.8 Å². The Morgan fingerprint density at radius 2 is 1.96 bits per heavy atom. The number of carbonyl (C=O) groups is 1. The van der Waals surface area contributed by atoms with Gasteiger partial charge in [0.1, 0.15) is 11.4 Å². The van der Waals surface area contributed by atoms with Gasteiger partial charge in [-0.15, -0.1) is 0 Å². The van der Waals surface area contributed by atoms with Gasteiger partial charge >= 0.3 is 0 Å². The van der Waals surface area contributed by atoms with E-state index in [9.17, 15) is 13.2 Å². The number of para-hydroxylation sites is 1. The lowest BCUT2D eigenvalue weighted by Gasteiger charge is -2.46. The van der Waals surface area contributed by atoms with Crippen molar-refractivity contribution >= 4 is 15.9 Å². The first-order valence-electron chi connectivity index (χ1n) is 10.5.